The van der Waals surface area contributed by atoms with E-state index < -0.39 is 0 Å². The van der Waals surface area contributed by atoms with Crippen molar-refractivity contribution in [1.29, 1.82) is 0 Å². The van der Waals surface area contributed by atoms with Crippen molar-refractivity contribution in [2.45, 2.75) is 37.8 Å². The first-order chi connectivity index (χ1) is 9.95. The van der Waals surface area contributed by atoms with Crippen molar-refractivity contribution in [1.82, 2.24) is 9.97 Å². The van der Waals surface area contributed by atoms with Crippen molar-refractivity contribution in [3.8, 4) is 0 Å². The molecule has 5 heteroatoms. The Bertz CT molecular complexity index is 614. The van der Waals surface area contributed by atoms with Gasteiger partial charge >= 0.3 is 0 Å². The van der Waals surface area contributed by atoms with E-state index in [1.165, 1.54) is 10.5 Å². The molecule has 1 heterocycles. The highest BCUT2D eigenvalue weighted by Gasteiger charge is 2.12. The Kier molecular flexibility index (Phi) is 6.08. The summed E-state index contributed by atoms with van der Waals surface area (Å²) in [5, 5.41) is 0.500. The van der Waals surface area contributed by atoms with Gasteiger partial charge in [0, 0.05) is 4.90 Å². The summed E-state index contributed by atoms with van der Waals surface area (Å²) in [5.74, 6) is 2.04. The average molecular weight is 386 g/mol. The van der Waals surface area contributed by atoms with Crippen LogP contribution < -0.4 is 0 Å². The van der Waals surface area contributed by atoms with Gasteiger partial charge in [-0.2, -0.15) is 0 Å². The van der Waals surface area contributed by atoms with Gasteiger partial charge in [-0.05, 0) is 47.3 Å². The van der Waals surface area contributed by atoms with E-state index in [2.05, 4.69) is 70.9 Å². The number of halogens is 2. The minimum absolute atomic E-state index is 0.500. The molecular weight excluding hydrogens is 368 g/mol. The van der Waals surface area contributed by atoms with Crippen LogP contribution in [-0.2, 0) is 12.2 Å². The zero-order valence-corrected chi connectivity index (χ0v) is 15.5. The molecule has 0 fully saturated rings. The van der Waals surface area contributed by atoms with E-state index in [9.17, 15) is 0 Å². The second-order valence-corrected chi connectivity index (χ2v) is 7.59. The number of aryl methyl sites for hydroxylation is 1. The summed E-state index contributed by atoms with van der Waals surface area (Å²) >= 11 is 11.4. The van der Waals surface area contributed by atoms with Crippen LogP contribution in [0.1, 0.15) is 30.9 Å². The van der Waals surface area contributed by atoms with Crippen LogP contribution in [0.4, 0.5) is 0 Å². The lowest BCUT2D eigenvalue weighted by Gasteiger charge is -2.10. The molecule has 0 saturated carbocycles. The fourth-order valence-corrected chi connectivity index (χ4v) is 3.18. The Balaban J connectivity index is 2.12. The summed E-state index contributed by atoms with van der Waals surface area (Å²) < 4.78 is 0.821. The van der Waals surface area contributed by atoms with Gasteiger partial charge in [-0.15, -0.1) is 11.8 Å². The van der Waals surface area contributed by atoms with Crippen LogP contribution in [-0.4, -0.2) is 9.97 Å². The maximum atomic E-state index is 6.20. The first kappa shape index (κ1) is 16.8. The lowest BCUT2D eigenvalue weighted by Crippen LogP contribution is -2.04. The molecule has 0 aliphatic heterocycles. The smallest absolute Gasteiger partial charge is 0.147 e. The molecule has 0 saturated heterocycles. The van der Waals surface area contributed by atoms with E-state index in [4.69, 9.17) is 11.6 Å². The van der Waals surface area contributed by atoms with Gasteiger partial charge < -0.3 is 0 Å². The molecule has 2 aromatic rings. The molecule has 0 radical (unpaired) electrons. The van der Waals surface area contributed by atoms with Crippen molar-refractivity contribution in [3.63, 3.8) is 0 Å². The van der Waals surface area contributed by atoms with E-state index >= 15 is 0 Å². The summed E-state index contributed by atoms with van der Waals surface area (Å²) in [7, 11) is 0. The predicted octanol–water partition coefficient (Wildman–Crippen LogP) is 5.69. The molecule has 0 atom stereocenters. The number of hydrogen-bond acceptors (Lipinski definition) is 3. The van der Waals surface area contributed by atoms with E-state index in [0.29, 0.717) is 11.1 Å². The highest BCUT2D eigenvalue weighted by atomic mass is 79.9. The highest BCUT2D eigenvalue weighted by molar-refractivity contribution is 9.10. The first-order valence-corrected chi connectivity index (χ1v) is 9.01. The van der Waals surface area contributed by atoms with E-state index in [-0.39, 0.29) is 0 Å². The molecule has 0 spiro atoms. The van der Waals surface area contributed by atoms with Crippen LogP contribution in [0.15, 0.2) is 33.6 Å². The van der Waals surface area contributed by atoms with Crippen LogP contribution in [0.2, 0.25) is 5.15 Å². The van der Waals surface area contributed by atoms with Crippen LogP contribution in [0.5, 0.6) is 0 Å². The standard InChI is InChI=1S/C16H18BrClN2S/c1-10(2)8-13-15(17)16(18)20-14(19-13)9-21-12-6-4-11(3)5-7-12/h4-7,10H,8-9H2,1-3H3. The first-order valence-electron chi connectivity index (χ1n) is 6.86. The maximum absolute atomic E-state index is 6.20. The van der Waals surface area contributed by atoms with Gasteiger partial charge in [0.15, 0.2) is 0 Å². The molecule has 21 heavy (non-hydrogen) atoms. The number of hydrogen-bond donors (Lipinski definition) is 0. The second-order valence-electron chi connectivity index (χ2n) is 5.39. The fourth-order valence-electron chi connectivity index (χ4n) is 1.88. The lowest BCUT2D eigenvalue weighted by molar-refractivity contribution is 0.629. The molecule has 2 rings (SSSR count). The number of rotatable bonds is 5. The molecule has 0 unspecified atom stereocenters. The molecule has 0 N–H and O–H groups in total. The number of benzene rings is 1. The van der Waals surface area contributed by atoms with Gasteiger partial charge in [0.05, 0.1) is 15.9 Å². The number of aromatic nitrogens is 2. The SMILES string of the molecule is Cc1ccc(SCc2nc(Cl)c(Br)c(CC(C)C)n2)cc1. The quantitative estimate of drug-likeness (QED) is 0.488. The second kappa shape index (κ2) is 7.61. The van der Waals surface area contributed by atoms with Gasteiger partial charge in [-0.1, -0.05) is 43.1 Å². The van der Waals surface area contributed by atoms with Crippen molar-refractivity contribution < 1.29 is 0 Å². The average Bonchev–Trinajstić information content (AvgIpc) is 2.43. The monoisotopic (exact) mass is 384 g/mol. The Morgan fingerprint density at radius 1 is 1.19 bits per heavy atom. The third-order valence-electron chi connectivity index (χ3n) is 2.92. The maximum Gasteiger partial charge on any atom is 0.147 e. The summed E-state index contributed by atoms with van der Waals surface area (Å²) in [4.78, 5) is 10.2. The molecular formula is C16H18BrClN2S. The molecule has 0 bridgehead atoms. The number of thioether (sulfide) groups is 1. The molecule has 112 valence electrons. The normalized spacial score (nSPS) is 11.1. The minimum Gasteiger partial charge on any atom is -0.236 e. The van der Waals surface area contributed by atoms with Crippen LogP contribution in [0, 0.1) is 12.8 Å². The van der Waals surface area contributed by atoms with Crippen LogP contribution in [0.25, 0.3) is 0 Å². The van der Waals surface area contributed by atoms with Gasteiger partial charge in [-0.3, -0.25) is 0 Å². The zero-order valence-electron chi connectivity index (χ0n) is 12.4. The van der Waals surface area contributed by atoms with Gasteiger partial charge in [0.1, 0.15) is 11.0 Å². The van der Waals surface area contributed by atoms with E-state index in [1.807, 2.05) is 0 Å². The van der Waals surface area contributed by atoms with Gasteiger partial charge in [0.25, 0.3) is 0 Å². The highest BCUT2D eigenvalue weighted by Crippen LogP contribution is 2.28. The molecule has 1 aromatic heterocycles. The van der Waals surface area contributed by atoms with Crippen molar-refractivity contribution in [2.75, 3.05) is 0 Å². The lowest BCUT2D eigenvalue weighted by atomic mass is 10.1. The van der Waals surface area contributed by atoms with Crippen LogP contribution in [0.3, 0.4) is 0 Å². The number of nitrogens with zero attached hydrogens (tertiary/aromatic N) is 2. The van der Waals surface area contributed by atoms with Gasteiger partial charge in [0.2, 0.25) is 0 Å². The summed E-state index contributed by atoms with van der Waals surface area (Å²) in [5.41, 5.74) is 2.26. The topological polar surface area (TPSA) is 25.8 Å². The molecule has 0 aliphatic carbocycles. The van der Waals surface area contributed by atoms with Gasteiger partial charge in [-0.25, -0.2) is 9.97 Å². The van der Waals surface area contributed by atoms with Crippen molar-refractivity contribution in [2.24, 2.45) is 5.92 Å². The third-order valence-corrected chi connectivity index (χ3v) is 5.26. The van der Waals surface area contributed by atoms with E-state index in [1.54, 1.807) is 11.8 Å². The minimum atomic E-state index is 0.500. The Hall–Kier alpha value is -0.580. The van der Waals surface area contributed by atoms with Crippen molar-refractivity contribution >= 4 is 39.3 Å². The summed E-state index contributed by atoms with van der Waals surface area (Å²) in [6.45, 7) is 6.43. The molecule has 0 aliphatic rings. The predicted molar refractivity (Wildman–Crippen MR) is 94.0 cm³/mol. The van der Waals surface area contributed by atoms with E-state index in [0.717, 1.165) is 28.2 Å². The molecule has 2 nitrogen and oxygen atoms in total. The zero-order chi connectivity index (χ0) is 15.4. The Morgan fingerprint density at radius 2 is 1.86 bits per heavy atom. The Morgan fingerprint density at radius 3 is 2.48 bits per heavy atom. The largest absolute Gasteiger partial charge is 0.236 e. The van der Waals surface area contributed by atoms with Crippen LogP contribution >= 0.6 is 39.3 Å². The Labute approximate surface area is 143 Å². The fraction of sp³-hybridized carbons (Fsp3) is 0.375. The molecule has 0 amide bonds. The summed E-state index contributed by atoms with van der Waals surface area (Å²) in [6.07, 6.45) is 0.894. The summed E-state index contributed by atoms with van der Waals surface area (Å²) in [6, 6.07) is 8.47. The van der Waals surface area contributed by atoms with Crippen molar-refractivity contribution in [3.05, 3.63) is 51.0 Å². The third kappa shape index (κ3) is 4.97. The molecule has 1 aromatic carbocycles.